The summed E-state index contributed by atoms with van der Waals surface area (Å²) < 4.78 is 10.8. The van der Waals surface area contributed by atoms with E-state index in [-0.39, 0.29) is 5.91 Å². The molecule has 25 heavy (non-hydrogen) atoms. The largest absolute Gasteiger partial charge is 0.497 e. The molecule has 0 fully saturated rings. The van der Waals surface area contributed by atoms with Gasteiger partial charge >= 0.3 is 0 Å². The van der Waals surface area contributed by atoms with Crippen molar-refractivity contribution in [2.75, 3.05) is 13.7 Å². The molecule has 0 aliphatic carbocycles. The summed E-state index contributed by atoms with van der Waals surface area (Å²) in [6.45, 7) is 4.99. The third-order valence-electron chi connectivity index (χ3n) is 3.55. The zero-order valence-corrected chi connectivity index (χ0v) is 14.9. The number of hydrogen-bond acceptors (Lipinski definition) is 4. The Morgan fingerprint density at radius 1 is 1.16 bits per heavy atom. The number of carbonyl (C=O) groups is 1. The molecule has 0 aliphatic heterocycles. The fraction of sp³-hybridized carbons (Fsp3) is 0.300. The average molecular weight is 340 g/mol. The number of hydrogen-bond donors (Lipinski definition) is 1. The quantitative estimate of drug-likeness (QED) is 0.586. The fourth-order valence-corrected chi connectivity index (χ4v) is 2.07. The highest BCUT2D eigenvalue weighted by atomic mass is 16.5. The third-order valence-corrected chi connectivity index (χ3v) is 3.55. The van der Waals surface area contributed by atoms with Crippen molar-refractivity contribution < 1.29 is 14.3 Å². The van der Waals surface area contributed by atoms with Gasteiger partial charge in [-0.1, -0.05) is 26.0 Å². The second-order valence-corrected chi connectivity index (χ2v) is 6.03. The maximum Gasteiger partial charge on any atom is 0.271 e. The first kappa shape index (κ1) is 18.5. The molecule has 2 rings (SSSR count). The minimum atomic E-state index is -0.270. The minimum Gasteiger partial charge on any atom is -0.497 e. The first-order chi connectivity index (χ1) is 12.1. The second-order valence-electron chi connectivity index (χ2n) is 6.03. The van der Waals surface area contributed by atoms with Crippen LogP contribution in [0.2, 0.25) is 0 Å². The Labute approximate surface area is 148 Å². The molecule has 1 N–H and O–H groups in total. The van der Waals surface area contributed by atoms with Crippen LogP contribution < -0.4 is 14.9 Å². The lowest BCUT2D eigenvalue weighted by Gasteiger charge is -2.08. The number of benzene rings is 2. The number of carbonyl (C=O) groups excluding carboxylic acids is 1. The maximum atomic E-state index is 12.1. The Hall–Kier alpha value is -2.82. The molecular formula is C20H24N2O3. The highest BCUT2D eigenvalue weighted by Gasteiger charge is 2.04. The highest BCUT2D eigenvalue weighted by molar-refractivity contribution is 5.95. The lowest BCUT2D eigenvalue weighted by Crippen LogP contribution is -2.17. The van der Waals surface area contributed by atoms with Crippen molar-refractivity contribution >= 4 is 12.1 Å². The Kier molecular flexibility index (Phi) is 7.01. The Balaban J connectivity index is 1.86. The van der Waals surface area contributed by atoms with Crippen LogP contribution in [0.5, 0.6) is 11.5 Å². The van der Waals surface area contributed by atoms with E-state index in [2.05, 4.69) is 24.4 Å². The number of methoxy groups -OCH3 is 1. The number of nitrogens with one attached hydrogen (secondary N) is 1. The molecule has 1 amide bonds. The summed E-state index contributed by atoms with van der Waals surface area (Å²) in [5.74, 6) is 1.83. The Morgan fingerprint density at radius 3 is 2.60 bits per heavy atom. The van der Waals surface area contributed by atoms with Crippen LogP contribution >= 0.6 is 0 Å². The average Bonchev–Trinajstić information content (AvgIpc) is 2.62. The highest BCUT2D eigenvalue weighted by Crippen LogP contribution is 2.13. The van der Waals surface area contributed by atoms with Crippen LogP contribution in [0.1, 0.15) is 36.2 Å². The van der Waals surface area contributed by atoms with Crippen molar-refractivity contribution in [3.8, 4) is 11.5 Å². The van der Waals surface area contributed by atoms with Gasteiger partial charge < -0.3 is 9.47 Å². The molecule has 0 aliphatic rings. The van der Waals surface area contributed by atoms with E-state index in [1.807, 2.05) is 24.3 Å². The monoisotopic (exact) mass is 340 g/mol. The molecular weight excluding hydrogens is 316 g/mol. The SMILES string of the molecule is COc1cccc(/C=N/NC(=O)c2ccc(OCCC(C)C)cc2)c1. The van der Waals surface area contributed by atoms with Gasteiger partial charge in [0.05, 0.1) is 19.9 Å². The fourth-order valence-electron chi connectivity index (χ4n) is 2.07. The van der Waals surface area contributed by atoms with E-state index >= 15 is 0 Å². The third kappa shape index (κ3) is 6.30. The first-order valence-electron chi connectivity index (χ1n) is 8.29. The Morgan fingerprint density at radius 2 is 1.92 bits per heavy atom. The van der Waals surface area contributed by atoms with Crippen molar-refractivity contribution in [2.24, 2.45) is 11.0 Å². The molecule has 2 aromatic carbocycles. The van der Waals surface area contributed by atoms with E-state index in [0.717, 1.165) is 23.5 Å². The first-order valence-corrected chi connectivity index (χ1v) is 8.29. The van der Waals surface area contributed by atoms with E-state index in [4.69, 9.17) is 9.47 Å². The van der Waals surface area contributed by atoms with E-state index in [1.165, 1.54) is 0 Å². The van der Waals surface area contributed by atoms with Gasteiger partial charge in [-0.2, -0.15) is 5.10 Å². The van der Waals surface area contributed by atoms with Crippen LogP contribution in [-0.4, -0.2) is 25.8 Å². The summed E-state index contributed by atoms with van der Waals surface area (Å²) in [4.78, 5) is 12.1. The molecule has 0 saturated heterocycles. The summed E-state index contributed by atoms with van der Waals surface area (Å²) in [6.07, 6.45) is 2.57. The van der Waals surface area contributed by atoms with Gasteiger partial charge in [-0.15, -0.1) is 0 Å². The number of amides is 1. The number of hydrazone groups is 1. The zero-order valence-electron chi connectivity index (χ0n) is 14.9. The Bertz CT molecular complexity index is 709. The lowest BCUT2D eigenvalue weighted by molar-refractivity contribution is 0.0955. The molecule has 5 heteroatoms. The molecule has 5 nitrogen and oxygen atoms in total. The molecule has 132 valence electrons. The van der Waals surface area contributed by atoms with Crippen LogP contribution in [0.3, 0.4) is 0 Å². The van der Waals surface area contributed by atoms with Gasteiger partial charge in [-0.25, -0.2) is 5.43 Å². The molecule has 0 spiro atoms. The van der Waals surface area contributed by atoms with Crippen LogP contribution in [0.25, 0.3) is 0 Å². The van der Waals surface area contributed by atoms with Gasteiger partial charge in [0.1, 0.15) is 11.5 Å². The van der Waals surface area contributed by atoms with Crippen LogP contribution in [0.4, 0.5) is 0 Å². The van der Waals surface area contributed by atoms with Crippen molar-refractivity contribution in [1.82, 2.24) is 5.43 Å². The van der Waals surface area contributed by atoms with Crippen LogP contribution in [0.15, 0.2) is 53.6 Å². The van der Waals surface area contributed by atoms with Gasteiger partial charge in [-0.05, 0) is 54.3 Å². The molecule has 0 heterocycles. The summed E-state index contributed by atoms with van der Waals surface area (Å²) in [7, 11) is 1.61. The van der Waals surface area contributed by atoms with E-state index in [0.29, 0.717) is 18.1 Å². The summed E-state index contributed by atoms with van der Waals surface area (Å²) in [6, 6.07) is 14.4. The van der Waals surface area contributed by atoms with Crippen molar-refractivity contribution in [3.05, 3.63) is 59.7 Å². The molecule has 0 saturated carbocycles. The maximum absolute atomic E-state index is 12.1. The predicted molar refractivity (Wildman–Crippen MR) is 99.4 cm³/mol. The van der Waals surface area contributed by atoms with Crippen molar-refractivity contribution in [2.45, 2.75) is 20.3 Å². The summed E-state index contributed by atoms with van der Waals surface area (Å²) >= 11 is 0. The normalized spacial score (nSPS) is 10.9. The topological polar surface area (TPSA) is 59.9 Å². The number of rotatable bonds is 8. The van der Waals surface area contributed by atoms with Gasteiger partial charge in [0.2, 0.25) is 0 Å². The van der Waals surface area contributed by atoms with Crippen LogP contribution in [-0.2, 0) is 0 Å². The van der Waals surface area contributed by atoms with Crippen molar-refractivity contribution in [1.29, 1.82) is 0 Å². The molecule has 0 radical (unpaired) electrons. The van der Waals surface area contributed by atoms with E-state index in [1.54, 1.807) is 37.6 Å². The lowest BCUT2D eigenvalue weighted by atomic mass is 10.1. The zero-order chi connectivity index (χ0) is 18.1. The van der Waals surface area contributed by atoms with Crippen LogP contribution in [0, 0.1) is 5.92 Å². The molecule has 2 aromatic rings. The van der Waals surface area contributed by atoms with Gasteiger partial charge in [0.15, 0.2) is 0 Å². The smallest absolute Gasteiger partial charge is 0.271 e. The predicted octanol–water partition coefficient (Wildman–Crippen LogP) is 3.88. The second kappa shape index (κ2) is 9.47. The summed E-state index contributed by atoms with van der Waals surface area (Å²) in [5, 5.41) is 3.97. The minimum absolute atomic E-state index is 0.270. The standard InChI is InChI=1S/C20H24N2O3/c1-15(2)11-12-25-18-9-7-17(8-10-18)20(23)22-21-14-16-5-4-6-19(13-16)24-3/h4-10,13-15H,11-12H2,1-3H3,(H,22,23)/b21-14+. The molecule has 0 aromatic heterocycles. The van der Waals surface area contributed by atoms with Gasteiger partial charge in [0, 0.05) is 5.56 Å². The van der Waals surface area contributed by atoms with Crippen molar-refractivity contribution in [3.63, 3.8) is 0 Å². The van der Waals surface area contributed by atoms with Gasteiger partial charge in [-0.3, -0.25) is 4.79 Å². The van der Waals surface area contributed by atoms with Gasteiger partial charge in [0.25, 0.3) is 5.91 Å². The van der Waals surface area contributed by atoms with E-state index in [9.17, 15) is 4.79 Å². The summed E-state index contributed by atoms with van der Waals surface area (Å²) in [5.41, 5.74) is 3.88. The molecule has 0 bridgehead atoms. The van der Waals surface area contributed by atoms with E-state index < -0.39 is 0 Å². The number of ether oxygens (including phenoxy) is 2. The number of nitrogens with zero attached hydrogens (tertiary/aromatic N) is 1. The molecule has 0 unspecified atom stereocenters. The molecule has 0 atom stereocenters.